The van der Waals surface area contributed by atoms with Crippen LogP contribution in [0.1, 0.15) is 45.1 Å². The van der Waals surface area contributed by atoms with Gasteiger partial charge in [0.25, 0.3) is 0 Å². The summed E-state index contributed by atoms with van der Waals surface area (Å²) < 4.78 is 0. The topological polar surface area (TPSA) is 40.5 Å². The fourth-order valence-corrected chi connectivity index (χ4v) is 2.73. The highest BCUT2D eigenvalue weighted by Crippen LogP contribution is 2.37. The summed E-state index contributed by atoms with van der Waals surface area (Å²) in [6, 6.07) is 8.38. The van der Waals surface area contributed by atoms with Gasteiger partial charge >= 0.3 is 5.97 Å². The molecule has 3 heteroatoms. The van der Waals surface area contributed by atoms with E-state index in [-0.39, 0.29) is 0 Å². The Morgan fingerprint density at radius 3 is 2.79 bits per heavy atom. The third kappa shape index (κ3) is 2.60. The van der Waals surface area contributed by atoms with Crippen LogP contribution >= 0.6 is 0 Å². The van der Waals surface area contributed by atoms with Crippen LogP contribution in [0.5, 0.6) is 0 Å². The van der Waals surface area contributed by atoms with Crippen LogP contribution < -0.4 is 4.90 Å². The van der Waals surface area contributed by atoms with E-state index in [9.17, 15) is 9.90 Å². The molecule has 0 spiro atoms. The maximum atomic E-state index is 11.5. The summed E-state index contributed by atoms with van der Waals surface area (Å²) in [7, 11) is 0. The molecule has 2 atom stereocenters. The number of hydrogen-bond donors (Lipinski definition) is 1. The lowest BCUT2D eigenvalue weighted by molar-refractivity contribution is -0.147. The van der Waals surface area contributed by atoms with E-state index in [1.807, 2.05) is 19.9 Å². The third-order valence-electron chi connectivity index (χ3n) is 4.48. The van der Waals surface area contributed by atoms with Crippen molar-refractivity contribution in [1.29, 1.82) is 0 Å². The lowest BCUT2D eigenvalue weighted by Crippen LogP contribution is -2.43. The van der Waals surface area contributed by atoms with E-state index < -0.39 is 11.4 Å². The van der Waals surface area contributed by atoms with Crippen molar-refractivity contribution in [2.75, 3.05) is 18.0 Å². The molecule has 19 heavy (non-hydrogen) atoms. The van der Waals surface area contributed by atoms with Crippen LogP contribution in [-0.2, 0) is 4.79 Å². The second-order valence-corrected chi connectivity index (χ2v) is 5.89. The van der Waals surface area contributed by atoms with E-state index in [0.717, 1.165) is 13.0 Å². The second kappa shape index (κ2) is 5.24. The van der Waals surface area contributed by atoms with Crippen molar-refractivity contribution in [3.63, 3.8) is 0 Å². The minimum atomic E-state index is -0.703. The Bertz CT molecular complexity index is 472. The predicted octanol–water partition coefficient (Wildman–Crippen LogP) is 3.50. The van der Waals surface area contributed by atoms with Gasteiger partial charge in [-0.1, -0.05) is 32.0 Å². The van der Waals surface area contributed by atoms with Crippen LogP contribution in [0.3, 0.4) is 0 Å². The molecule has 0 aromatic heterocycles. The Morgan fingerprint density at radius 2 is 2.16 bits per heavy atom. The molecule has 2 unspecified atom stereocenters. The Balaban J connectivity index is 2.28. The lowest BCUT2D eigenvalue weighted by atomic mass is 9.84. The Morgan fingerprint density at radius 1 is 1.47 bits per heavy atom. The van der Waals surface area contributed by atoms with Gasteiger partial charge in [-0.15, -0.1) is 0 Å². The monoisotopic (exact) mass is 261 g/mol. The van der Waals surface area contributed by atoms with Gasteiger partial charge in [0.1, 0.15) is 0 Å². The Labute approximate surface area is 115 Å². The molecule has 0 saturated carbocycles. The van der Waals surface area contributed by atoms with Crippen molar-refractivity contribution in [1.82, 2.24) is 0 Å². The standard InChI is InChI=1S/C16H23NO2/c1-4-16(3,15(18)19)11-17-10-9-12(2)13-7-5-6-8-14(13)17/h5-8,12H,4,9-11H2,1-3H3,(H,18,19). The van der Waals surface area contributed by atoms with E-state index in [0.29, 0.717) is 18.9 Å². The molecule has 1 N–H and O–H groups in total. The quantitative estimate of drug-likeness (QED) is 0.901. The highest BCUT2D eigenvalue weighted by Gasteiger charge is 2.35. The average Bonchev–Trinajstić information content (AvgIpc) is 2.42. The summed E-state index contributed by atoms with van der Waals surface area (Å²) in [4.78, 5) is 13.7. The van der Waals surface area contributed by atoms with Crippen molar-refractivity contribution in [2.24, 2.45) is 5.41 Å². The number of nitrogens with zero attached hydrogens (tertiary/aromatic N) is 1. The molecule has 0 radical (unpaired) electrons. The normalized spacial score (nSPS) is 21.6. The summed E-state index contributed by atoms with van der Waals surface area (Å²) in [5.41, 5.74) is 1.88. The molecule has 1 heterocycles. The number of benzene rings is 1. The predicted molar refractivity (Wildman–Crippen MR) is 77.7 cm³/mol. The Hall–Kier alpha value is -1.51. The number of carboxylic acid groups (broad SMARTS) is 1. The van der Waals surface area contributed by atoms with E-state index in [1.54, 1.807) is 0 Å². The zero-order chi connectivity index (χ0) is 14.0. The van der Waals surface area contributed by atoms with Crippen molar-refractivity contribution >= 4 is 11.7 Å². The van der Waals surface area contributed by atoms with Gasteiger partial charge in [0.2, 0.25) is 0 Å². The summed E-state index contributed by atoms with van der Waals surface area (Å²) >= 11 is 0. The number of rotatable bonds is 4. The number of fused-ring (bicyclic) bond motifs is 1. The van der Waals surface area contributed by atoms with Crippen LogP contribution in [0.2, 0.25) is 0 Å². The van der Waals surface area contributed by atoms with Gasteiger partial charge in [0, 0.05) is 18.8 Å². The molecule has 1 aromatic rings. The molecule has 1 aromatic carbocycles. The van der Waals surface area contributed by atoms with Gasteiger partial charge in [-0.25, -0.2) is 0 Å². The first-order valence-electron chi connectivity index (χ1n) is 7.05. The minimum Gasteiger partial charge on any atom is -0.481 e. The van der Waals surface area contributed by atoms with Crippen LogP contribution in [0.4, 0.5) is 5.69 Å². The van der Waals surface area contributed by atoms with Crippen molar-refractivity contribution < 1.29 is 9.90 Å². The number of hydrogen-bond acceptors (Lipinski definition) is 2. The number of anilines is 1. The fraction of sp³-hybridized carbons (Fsp3) is 0.562. The molecule has 0 aliphatic carbocycles. The van der Waals surface area contributed by atoms with Gasteiger partial charge in [-0.2, -0.15) is 0 Å². The average molecular weight is 261 g/mol. The number of carboxylic acids is 1. The van der Waals surface area contributed by atoms with Gasteiger partial charge in [0.05, 0.1) is 5.41 Å². The van der Waals surface area contributed by atoms with Crippen LogP contribution in [0.15, 0.2) is 24.3 Å². The SMILES string of the molecule is CCC(C)(CN1CCC(C)c2ccccc21)C(=O)O. The number of carbonyl (C=O) groups is 1. The van der Waals surface area contributed by atoms with E-state index >= 15 is 0 Å². The van der Waals surface area contributed by atoms with Crippen LogP contribution in [0.25, 0.3) is 0 Å². The summed E-state index contributed by atoms with van der Waals surface area (Å²) in [5.74, 6) is -0.142. The maximum absolute atomic E-state index is 11.5. The minimum absolute atomic E-state index is 0.560. The summed E-state index contributed by atoms with van der Waals surface area (Å²) in [6.45, 7) is 7.57. The Kier molecular flexibility index (Phi) is 3.83. The molecule has 3 nitrogen and oxygen atoms in total. The first-order chi connectivity index (χ1) is 8.98. The van der Waals surface area contributed by atoms with E-state index in [1.165, 1.54) is 11.3 Å². The summed E-state index contributed by atoms with van der Waals surface area (Å²) in [5, 5.41) is 9.44. The molecule has 104 valence electrons. The first kappa shape index (κ1) is 13.9. The molecular formula is C16H23NO2. The van der Waals surface area contributed by atoms with Crippen molar-refractivity contribution in [2.45, 2.75) is 39.5 Å². The van der Waals surface area contributed by atoms with Gasteiger partial charge in [0.15, 0.2) is 0 Å². The first-order valence-corrected chi connectivity index (χ1v) is 7.05. The van der Waals surface area contributed by atoms with Crippen LogP contribution in [0, 0.1) is 5.41 Å². The maximum Gasteiger partial charge on any atom is 0.311 e. The molecule has 1 aliphatic rings. The highest BCUT2D eigenvalue weighted by molar-refractivity contribution is 5.75. The number of aliphatic carboxylic acids is 1. The van der Waals surface area contributed by atoms with Crippen molar-refractivity contribution in [3.8, 4) is 0 Å². The van der Waals surface area contributed by atoms with E-state index in [4.69, 9.17) is 0 Å². The van der Waals surface area contributed by atoms with E-state index in [2.05, 4.69) is 30.0 Å². The molecule has 0 fully saturated rings. The fourth-order valence-electron chi connectivity index (χ4n) is 2.73. The van der Waals surface area contributed by atoms with Gasteiger partial charge < -0.3 is 10.0 Å². The van der Waals surface area contributed by atoms with Gasteiger partial charge in [-0.05, 0) is 37.3 Å². The van der Waals surface area contributed by atoms with Crippen molar-refractivity contribution in [3.05, 3.63) is 29.8 Å². The van der Waals surface area contributed by atoms with Crippen LogP contribution in [-0.4, -0.2) is 24.2 Å². The molecule has 0 saturated heterocycles. The smallest absolute Gasteiger partial charge is 0.311 e. The molecule has 0 amide bonds. The second-order valence-electron chi connectivity index (χ2n) is 5.89. The van der Waals surface area contributed by atoms with Gasteiger partial charge in [-0.3, -0.25) is 4.79 Å². The molecule has 2 rings (SSSR count). The summed E-state index contributed by atoms with van der Waals surface area (Å²) in [6.07, 6.45) is 1.74. The third-order valence-corrected chi connectivity index (χ3v) is 4.48. The number of para-hydroxylation sites is 1. The highest BCUT2D eigenvalue weighted by atomic mass is 16.4. The lowest BCUT2D eigenvalue weighted by Gasteiger charge is -2.39. The largest absolute Gasteiger partial charge is 0.481 e. The molecule has 1 aliphatic heterocycles. The molecular weight excluding hydrogens is 238 g/mol. The zero-order valence-electron chi connectivity index (χ0n) is 12.0. The zero-order valence-corrected chi connectivity index (χ0v) is 12.0. The molecule has 0 bridgehead atoms.